The third-order valence-electron chi connectivity index (χ3n) is 2.78. The Balaban J connectivity index is 1.91. The van der Waals surface area contributed by atoms with E-state index in [1.807, 2.05) is 12.1 Å². The van der Waals surface area contributed by atoms with Crippen molar-refractivity contribution in [1.29, 1.82) is 0 Å². The Morgan fingerprint density at radius 2 is 2.12 bits per heavy atom. The second-order valence-corrected chi connectivity index (χ2v) is 5.08. The molecular formula is C13H14BrF2N. The molecule has 0 bridgehead atoms. The van der Waals surface area contributed by atoms with Crippen molar-refractivity contribution in [1.82, 2.24) is 4.90 Å². The van der Waals surface area contributed by atoms with E-state index in [1.54, 1.807) is 6.07 Å². The summed E-state index contributed by atoms with van der Waals surface area (Å²) in [6, 6.07) is 5.10. The topological polar surface area (TPSA) is 3.24 Å². The lowest BCUT2D eigenvalue weighted by Gasteiger charge is -2.33. The zero-order valence-corrected chi connectivity index (χ0v) is 11.0. The van der Waals surface area contributed by atoms with Gasteiger partial charge in [0.05, 0.1) is 11.1 Å². The van der Waals surface area contributed by atoms with Crippen molar-refractivity contribution in [2.24, 2.45) is 0 Å². The van der Waals surface area contributed by atoms with E-state index in [1.165, 1.54) is 11.6 Å². The van der Waals surface area contributed by atoms with E-state index in [0.29, 0.717) is 10.9 Å². The van der Waals surface area contributed by atoms with Gasteiger partial charge in [-0.3, -0.25) is 9.29 Å². The minimum atomic E-state index is -0.256. The molecular weight excluding hydrogens is 288 g/mol. The largest absolute Gasteiger partial charge is 0.295 e. The highest BCUT2D eigenvalue weighted by Crippen LogP contribution is 2.21. The van der Waals surface area contributed by atoms with Crippen LogP contribution in [-0.2, 0) is 0 Å². The molecule has 0 unspecified atom stereocenters. The number of nitrogens with zero attached hydrogens (tertiary/aromatic N) is 1. The van der Waals surface area contributed by atoms with Crippen molar-refractivity contribution in [2.45, 2.75) is 6.42 Å². The Morgan fingerprint density at radius 1 is 1.35 bits per heavy atom. The first-order valence-electron chi connectivity index (χ1n) is 5.62. The normalized spacial score (nSPS) is 15.8. The molecule has 1 aromatic rings. The number of hydrogen-bond acceptors (Lipinski definition) is 1. The fraction of sp³-hybridized carbons (Fsp3) is 0.385. The highest BCUT2D eigenvalue weighted by atomic mass is 79.9. The van der Waals surface area contributed by atoms with E-state index < -0.39 is 0 Å². The molecule has 0 aromatic heterocycles. The molecule has 1 saturated heterocycles. The Kier molecular flexibility index (Phi) is 4.29. The molecule has 1 nitrogen and oxygen atoms in total. The van der Waals surface area contributed by atoms with Gasteiger partial charge in [-0.05, 0) is 45.6 Å². The van der Waals surface area contributed by atoms with Gasteiger partial charge in [-0.15, -0.1) is 0 Å². The summed E-state index contributed by atoms with van der Waals surface area (Å²) >= 11 is 3.13. The van der Waals surface area contributed by atoms with Crippen LogP contribution in [0.4, 0.5) is 8.78 Å². The molecule has 0 radical (unpaired) electrons. The molecule has 0 saturated carbocycles. The first-order valence-corrected chi connectivity index (χ1v) is 6.41. The fourth-order valence-electron chi connectivity index (χ4n) is 1.90. The van der Waals surface area contributed by atoms with E-state index in [4.69, 9.17) is 0 Å². The lowest BCUT2D eigenvalue weighted by Crippen LogP contribution is -2.40. The summed E-state index contributed by atoms with van der Waals surface area (Å²) in [6.45, 7) is 2.30. The van der Waals surface area contributed by atoms with Crippen LogP contribution in [0.5, 0.6) is 0 Å². The first-order chi connectivity index (χ1) is 8.19. The maximum atomic E-state index is 13.3. The van der Waals surface area contributed by atoms with Crippen LogP contribution in [0.3, 0.4) is 0 Å². The van der Waals surface area contributed by atoms with Gasteiger partial charge in [0.25, 0.3) is 0 Å². The second-order valence-electron chi connectivity index (χ2n) is 4.23. The summed E-state index contributed by atoms with van der Waals surface area (Å²) in [6.07, 6.45) is 2.60. The van der Waals surface area contributed by atoms with E-state index in [0.717, 1.165) is 25.2 Å². The standard InChI is InChI=1S/C13H14BrF2N/c14-12-3-2-10(7-13(12)16)6-11-8-17(9-11)5-1-4-15/h2-3,6-7H,1,4-5,8-9H2. The number of rotatable bonds is 4. The van der Waals surface area contributed by atoms with Gasteiger partial charge in [-0.2, -0.15) is 0 Å². The quantitative estimate of drug-likeness (QED) is 0.820. The summed E-state index contributed by atoms with van der Waals surface area (Å²) in [5, 5.41) is 0. The molecule has 0 N–H and O–H groups in total. The van der Waals surface area contributed by atoms with Crippen molar-refractivity contribution >= 4 is 22.0 Å². The van der Waals surface area contributed by atoms with Gasteiger partial charge in [-0.1, -0.05) is 12.1 Å². The Morgan fingerprint density at radius 3 is 2.76 bits per heavy atom. The molecule has 0 atom stereocenters. The van der Waals surface area contributed by atoms with Crippen LogP contribution in [0.1, 0.15) is 12.0 Å². The summed E-state index contributed by atoms with van der Waals surface area (Å²) in [5.41, 5.74) is 2.15. The molecule has 1 aliphatic rings. The predicted molar refractivity (Wildman–Crippen MR) is 69.1 cm³/mol. The van der Waals surface area contributed by atoms with Crippen LogP contribution >= 0.6 is 15.9 Å². The summed E-state index contributed by atoms with van der Waals surface area (Å²) in [4.78, 5) is 2.18. The van der Waals surface area contributed by atoms with Gasteiger partial charge in [0.2, 0.25) is 0 Å². The second kappa shape index (κ2) is 5.74. The number of benzene rings is 1. The van der Waals surface area contributed by atoms with E-state index >= 15 is 0 Å². The number of halogens is 3. The van der Waals surface area contributed by atoms with Gasteiger partial charge in [0.15, 0.2) is 0 Å². The van der Waals surface area contributed by atoms with Crippen molar-refractivity contribution < 1.29 is 8.78 Å². The van der Waals surface area contributed by atoms with Crippen LogP contribution < -0.4 is 0 Å². The molecule has 4 heteroatoms. The van der Waals surface area contributed by atoms with Crippen LogP contribution in [-0.4, -0.2) is 31.2 Å². The zero-order valence-electron chi connectivity index (χ0n) is 9.43. The third kappa shape index (κ3) is 3.36. The van der Waals surface area contributed by atoms with Crippen molar-refractivity contribution in [3.8, 4) is 0 Å². The molecule has 1 aliphatic heterocycles. The minimum Gasteiger partial charge on any atom is -0.295 e. The molecule has 2 rings (SSSR count). The summed E-state index contributed by atoms with van der Waals surface area (Å²) in [7, 11) is 0. The number of likely N-dealkylation sites (tertiary alicyclic amines) is 1. The highest BCUT2D eigenvalue weighted by molar-refractivity contribution is 9.10. The van der Waals surface area contributed by atoms with Gasteiger partial charge in [-0.25, -0.2) is 4.39 Å². The van der Waals surface area contributed by atoms with E-state index in [-0.39, 0.29) is 12.5 Å². The Hall–Kier alpha value is -0.740. The molecule has 92 valence electrons. The fourth-order valence-corrected chi connectivity index (χ4v) is 2.15. The van der Waals surface area contributed by atoms with Gasteiger partial charge in [0.1, 0.15) is 5.82 Å². The lowest BCUT2D eigenvalue weighted by molar-refractivity contribution is 0.239. The monoisotopic (exact) mass is 301 g/mol. The van der Waals surface area contributed by atoms with Crippen molar-refractivity contribution in [2.75, 3.05) is 26.3 Å². The predicted octanol–water partition coefficient (Wildman–Crippen LogP) is 3.65. The van der Waals surface area contributed by atoms with Crippen LogP contribution in [0.25, 0.3) is 6.08 Å². The molecule has 1 heterocycles. The van der Waals surface area contributed by atoms with Crippen molar-refractivity contribution in [3.63, 3.8) is 0 Å². The van der Waals surface area contributed by atoms with Crippen molar-refractivity contribution in [3.05, 3.63) is 39.6 Å². The Labute approximate surface area is 108 Å². The SMILES string of the molecule is FCCCN1CC(=Cc2ccc(Br)c(F)c2)C1. The summed E-state index contributed by atoms with van der Waals surface area (Å²) < 4.78 is 25.7. The smallest absolute Gasteiger partial charge is 0.137 e. The van der Waals surface area contributed by atoms with Gasteiger partial charge >= 0.3 is 0 Å². The molecule has 17 heavy (non-hydrogen) atoms. The lowest BCUT2D eigenvalue weighted by atomic mass is 10.0. The van der Waals surface area contributed by atoms with E-state index in [9.17, 15) is 8.78 Å². The molecule has 1 fully saturated rings. The van der Waals surface area contributed by atoms with Crippen LogP contribution in [0.2, 0.25) is 0 Å². The zero-order chi connectivity index (χ0) is 12.3. The van der Waals surface area contributed by atoms with E-state index in [2.05, 4.69) is 20.8 Å². The number of hydrogen-bond donors (Lipinski definition) is 0. The van der Waals surface area contributed by atoms with Crippen LogP contribution in [0, 0.1) is 5.82 Å². The first kappa shape index (κ1) is 12.7. The van der Waals surface area contributed by atoms with Gasteiger partial charge in [0, 0.05) is 19.6 Å². The minimum absolute atomic E-state index is 0.243. The molecule has 1 aromatic carbocycles. The average Bonchev–Trinajstić information content (AvgIpc) is 2.26. The summed E-state index contributed by atoms with van der Waals surface area (Å²) in [5.74, 6) is -0.243. The molecule has 0 amide bonds. The molecule has 0 aliphatic carbocycles. The molecule has 0 spiro atoms. The number of alkyl halides is 1. The highest BCUT2D eigenvalue weighted by Gasteiger charge is 2.18. The maximum absolute atomic E-state index is 13.3. The maximum Gasteiger partial charge on any atom is 0.137 e. The van der Waals surface area contributed by atoms with Crippen LogP contribution in [0.15, 0.2) is 28.2 Å². The Bertz CT molecular complexity index is 423. The van der Waals surface area contributed by atoms with Gasteiger partial charge < -0.3 is 0 Å². The average molecular weight is 302 g/mol. The third-order valence-corrected chi connectivity index (χ3v) is 3.42.